The zero-order valence-corrected chi connectivity index (χ0v) is 15.2. The van der Waals surface area contributed by atoms with Crippen LogP contribution in [0.1, 0.15) is 19.8 Å². The Morgan fingerprint density at radius 3 is 2.45 bits per heavy atom. The average molecular weight is 387 g/mol. The summed E-state index contributed by atoms with van der Waals surface area (Å²) in [5.41, 5.74) is 0. The lowest BCUT2D eigenvalue weighted by Crippen LogP contribution is -2.48. The Morgan fingerprint density at radius 2 is 1.95 bits per heavy atom. The van der Waals surface area contributed by atoms with Crippen molar-refractivity contribution in [1.82, 2.24) is 10.4 Å². The maximum atomic E-state index is 12.5. The van der Waals surface area contributed by atoms with Gasteiger partial charge in [0.05, 0.1) is 11.9 Å². The van der Waals surface area contributed by atoms with E-state index in [0.717, 1.165) is 27.3 Å². The molecule has 1 saturated carbocycles. The van der Waals surface area contributed by atoms with E-state index in [0.29, 0.717) is 0 Å². The SMILES string of the molecule is CON(C)C(=O)[C@H](C)NC(=O)C1(Sc2ccc(Br)cc2)CC1. The summed E-state index contributed by atoms with van der Waals surface area (Å²) in [6, 6.07) is 7.26. The highest BCUT2D eigenvalue weighted by molar-refractivity contribution is 9.10. The molecule has 0 aliphatic heterocycles. The van der Waals surface area contributed by atoms with Gasteiger partial charge in [0.2, 0.25) is 5.91 Å². The van der Waals surface area contributed by atoms with Crippen molar-refractivity contribution in [2.24, 2.45) is 0 Å². The number of carbonyl (C=O) groups is 2. The first-order valence-corrected chi connectivity index (χ1v) is 8.56. The van der Waals surface area contributed by atoms with Crippen molar-refractivity contribution >= 4 is 39.5 Å². The molecule has 1 aromatic rings. The molecule has 1 N–H and O–H groups in total. The van der Waals surface area contributed by atoms with Crippen LogP contribution in [0.15, 0.2) is 33.6 Å². The predicted molar refractivity (Wildman–Crippen MR) is 89.3 cm³/mol. The quantitative estimate of drug-likeness (QED) is 0.763. The third kappa shape index (κ3) is 4.02. The van der Waals surface area contributed by atoms with E-state index in [2.05, 4.69) is 21.2 Å². The van der Waals surface area contributed by atoms with Gasteiger partial charge in [-0.25, -0.2) is 5.06 Å². The van der Waals surface area contributed by atoms with Crippen LogP contribution in [0.3, 0.4) is 0 Å². The highest BCUT2D eigenvalue weighted by Crippen LogP contribution is 2.52. The van der Waals surface area contributed by atoms with E-state index in [-0.39, 0.29) is 11.8 Å². The molecule has 2 rings (SSSR count). The van der Waals surface area contributed by atoms with Crippen LogP contribution in [-0.2, 0) is 14.4 Å². The standard InChI is InChI=1S/C15H19BrN2O3S/c1-10(13(19)18(2)21-3)17-14(20)15(8-9-15)22-12-6-4-11(16)5-7-12/h4-7,10H,8-9H2,1-3H3,(H,17,20)/t10-/m0/s1. The highest BCUT2D eigenvalue weighted by atomic mass is 79.9. The lowest BCUT2D eigenvalue weighted by molar-refractivity contribution is -0.171. The Bertz CT molecular complexity index is 560. The molecule has 5 nitrogen and oxygen atoms in total. The van der Waals surface area contributed by atoms with Crippen LogP contribution in [0.25, 0.3) is 0 Å². The minimum absolute atomic E-state index is 0.0919. The number of halogens is 1. The Kier molecular flexibility index (Phi) is 5.52. The monoisotopic (exact) mass is 386 g/mol. The summed E-state index contributed by atoms with van der Waals surface area (Å²) >= 11 is 4.95. The van der Waals surface area contributed by atoms with E-state index >= 15 is 0 Å². The summed E-state index contributed by atoms with van der Waals surface area (Å²) in [7, 11) is 2.94. The van der Waals surface area contributed by atoms with Crippen LogP contribution < -0.4 is 5.32 Å². The van der Waals surface area contributed by atoms with Crippen molar-refractivity contribution in [3.8, 4) is 0 Å². The maximum absolute atomic E-state index is 12.5. The first-order valence-electron chi connectivity index (χ1n) is 6.95. The molecule has 0 heterocycles. The molecule has 0 saturated heterocycles. The second-order valence-corrected chi connectivity index (χ2v) is 7.64. The van der Waals surface area contributed by atoms with Crippen molar-refractivity contribution in [3.05, 3.63) is 28.7 Å². The van der Waals surface area contributed by atoms with Gasteiger partial charge in [0, 0.05) is 16.4 Å². The van der Waals surface area contributed by atoms with Crippen molar-refractivity contribution in [1.29, 1.82) is 0 Å². The van der Waals surface area contributed by atoms with Gasteiger partial charge in [-0.2, -0.15) is 0 Å². The average Bonchev–Trinajstić information content (AvgIpc) is 3.28. The number of carbonyl (C=O) groups excluding carboxylic acids is 2. The van der Waals surface area contributed by atoms with Gasteiger partial charge >= 0.3 is 0 Å². The number of hydrogen-bond donors (Lipinski definition) is 1. The fraction of sp³-hybridized carbons (Fsp3) is 0.467. The van der Waals surface area contributed by atoms with Crippen LogP contribution >= 0.6 is 27.7 Å². The first kappa shape index (κ1) is 17.3. The zero-order valence-electron chi connectivity index (χ0n) is 12.8. The number of rotatable bonds is 6. The van der Waals surface area contributed by atoms with Gasteiger partial charge < -0.3 is 5.32 Å². The van der Waals surface area contributed by atoms with Crippen molar-refractivity contribution in [2.45, 2.75) is 35.4 Å². The summed E-state index contributed by atoms with van der Waals surface area (Å²) in [6.45, 7) is 1.66. The Balaban J connectivity index is 1.97. The maximum Gasteiger partial charge on any atom is 0.268 e. The van der Waals surface area contributed by atoms with Gasteiger partial charge in [-0.05, 0) is 44.0 Å². The van der Waals surface area contributed by atoms with Gasteiger partial charge in [-0.3, -0.25) is 14.4 Å². The molecule has 120 valence electrons. The van der Waals surface area contributed by atoms with Crippen molar-refractivity contribution in [3.63, 3.8) is 0 Å². The molecule has 0 bridgehead atoms. The molecule has 0 aromatic heterocycles. The van der Waals surface area contributed by atoms with Gasteiger partial charge in [-0.15, -0.1) is 11.8 Å². The Hall–Kier alpha value is -1.05. The fourth-order valence-corrected chi connectivity index (χ4v) is 3.42. The molecule has 7 heteroatoms. The third-order valence-electron chi connectivity index (χ3n) is 3.55. The van der Waals surface area contributed by atoms with Crippen molar-refractivity contribution in [2.75, 3.05) is 14.2 Å². The fourth-order valence-electron chi connectivity index (χ4n) is 1.97. The van der Waals surface area contributed by atoms with Gasteiger partial charge in [-0.1, -0.05) is 15.9 Å². The molecule has 1 fully saturated rings. The lowest BCUT2D eigenvalue weighted by Gasteiger charge is -2.22. The van der Waals surface area contributed by atoms with Gasteiger partial charge in [0.15, 0.2) is 0 Å². The molecule has 0 radical (unpaired) electrons. The smallest absolute Gasteiger partial charge is 0.268 e. The molecule has 0 unspecified atom stereocenters. The van der Waals surface area contributed by atoms with Crippen LogP contribution in [0.2, 0.25) is 0 Å². The van der Waals surface area contributed by atoms with Gasteiger partial charge in [0.1, 0.15) is 6.04 Å². The summed E-state index contributed by atoms with van der Waals surface area (Å²) in [6.07, 6.45) is 1.64. The highest BCUT2D eigenvalue weighted by Gasteiger charge is 2.51. The van der Waals surface area contributed by atoms with E-state index in [9.17, 15) is 9.59 Å². The number of hydrogen-bond acceptors (Lipinski definition) is 4. The second kappa shape index (κ2) is 7.02. The summed E-state index contributed by atoms with van der Waals surface area (Å²) in [5.74, 6) is -0.369. The van der Waals surface area contributed by atoms with E-state index in [1.807, 2.05) is 24.3 Å². The lowest BCUT2D eigenvalue weighted by atomic mass is 10.3. The molecule has 2 amide bonds. The number of amides is 2. The number of nitrogens with zero attached hydrogens (tertiary/aromatic N) is 1. The first-order chi connectivity index (χ1) is 10.4. The number of nitrogens with one attached hydrogen (secondary N) is 1. The Morgan fingerprint density at radius 1 is 1.36 bits per heavy atom. The largest absolute Gasteiger partial charge is 0.343 e. The number of thioether (sulfide) groups is 1. The minimum Gasteiger partial charge on any atom is -0.343 e. The van der Waals surface area contributed by atoms with E-state index < -0.39 is 10.8 Å². The molecule has 1 atom stereocenters. The number of hydroxylamine groups is 2. The van der Waals surface area contributed by atoms with E-state index in [4.69, 9.17) is 4.84 Å². The zero-order chi connectivity index (χ0) is 16.3. The normalized spacial score (nSPS) is 16.7. The second-order valence-electron chi connectivity index (χ2n) is 5.26. The van der Waals surface area contributed by atoms with Crippen molar-refractivity contribution < 1.29 is 14.4 Å². The molecule has 1 aliphatic carbocycles. The minimum atomic E-state index is -0.611. The molecule has 1 aliphatic rings. The summed E-state index contributed by atoms with van der Waals surface area (Å²) in [5, 5.41) is 3.91. The van der Waals surface area contributed by atoms with Crippen LogP contribution in [0.4, 0.5) is 0 Å². The van der Waals surface area contributed by atoms with E-state index in [1.165, 1.54) is 14.2 Å². The Labute approximate surface area is 142 Å². The van der Waals surface area contributed by atoms with E-state index in [1.54, 1.807) is 18.7 Å². The molecule has 0 spiro atoms. The number of benzene rings is 1. The molecular formula is C15H19BrN2O3S. The molecule has 1 aromatic carbocycles. The summed E-state index contributed by atoms with van der Waals surface area (Å²) in [4.78, 5) is 30.3. The predicted octanol–water partition coefficient (Wildman–Crippen LogP) is 2.60. The third-order valence-corrected chi connectivity index (χ3v) is 5.57. The van der Waals surface area contributed by atoms with Crippen LogP contribution in [0.5, 0.6) is 0 Å². The number of likely N-dealkylation sites (N-methyl/N-ethyl adjacent to an activating group) is 1. The molecular weight excluding hydrogens is 368 g/mol. The van der Waals surface area contributed by atoms with Crippen LogP contribution in [-0.4, -0.2) is 41.8 Å². The molecule has 22 heavy (non-hydrogen) atoms. The van der Waals surface area contributed by atoms with Gasteiger partial charge in [0.25, 0.3) is 5.91 Å². The topological polar surface area (TPSA) is 58.6 Å². The van der Waals surface area contributed by atoms with Crippen LogP contribution in [0, 0.1) is 0 Å². The summed E-state index contributed by atoms with van der Waals surface area (Å²) < 4.78 is 0.557.